The average molecular weight is 272 g/mol. The number of carbonyl (C=O) groups is 1. The molecule has 1 amide bonds. The van der Waals surface area contributed by atoms with Crippen molar-refractivity contribution in [2.75, 3.05) is 4.90 Å². The molecule has 2 aromatic rings. The van der Waals surface area contributed by atoms with Gasteiger partial charge in [0.05, 0.1) is 11.4 Å². The van der Waals surface area contributed by atoms with Crippen molar-refractivity contribution in [3.63, 3.8) is 0 Å². The average Bonchev–Trinajstić information content (AvgIpc) is 2.82. The molecule has 2 aromatic carbocycles. The number of allylic oxidation sites excluding steroid dienone is 2. The Bertz CT molecular complexity index is 913. The van der Waals surface area contributed by atoms with Crippen LogP contribution in [-0.2, 0) is 4.79 Å². The SMILES string of the molecule is O=C1C2=CCCC=C2C2=Nc3cccc4cccc(c34)N12. The highest BCUT2D eigenvalue weighted by atomic mass is 16.2. The van der Waals surface area contributed by atoms with Crippen LogP contribution in [0.5, 0.6) is 0 Å². The second kappa shape index (κ2) is 3.70. The zero-order valence-electron chi connectivity index (χ0n) is 11.3. The van der Waals surface area contributed by atoms with Gasteiger partial charge in [0.15, 0.2) is 0 Å². The molecule has 3 aliphatic rings. The van der Waals surface area contributed by atoms with Crippen LogP contribution in [0.4, 0.5) is 11.4 Å². The molecule has 0 saturated carbocycles. The normalized spacial score (nSPS) is 19.0. The highest BCUT2D eigenvalue weighted by molar-refractivity contribution is 6.42. The third-order valence-corrected chi connectivity index (χ3v) is 4.37. The Morgan fingerprint density at radius 1 is 0.952 bits per heavy atom. The van der Waals surface area contributed by atoms with Gasteiger partial charge in [-0.15, -0.1) is 0 Å². The summed E-state index contributed by atoms with van der Waals surface area (Å²) in [6.45, 7) is 0. The van der Waals surface area contributed by atoms with Gasteiger partial charge in [-0.05, 0) is 30.4 Å². The molecule has 2 heterocycles. The van der Waals surface area contributed by atoms with Crippen molar-refractivity contribution in [3.05, 3.63) is 59.7 Å². The van der Waals surface area contributed by atoms with E-state index in [-0.39, 0.29) is 5.91 Å². The van der Waals surface area contributed by atoms with Gasteiger partial charge in [0.25, 0.3) is 5.91 Å². The summed E-state index contributed by atoms with van der Waals surface area (Å²) in [4.78, 5) is 19.3. The highest BCUT2D eigenvalue weighted by Crippen LogP contribution is 2.44. The molecule has 0 atom stereocenters. The molecule has 0 bridgehead atoms. The summed E-state index contributed by atoms with van der Waals surface area (Å²) in [7, 11) is 0. The van der Waals surface area contributed by atoms with E-state index < -0.39 is 0 Å². The predicted molar refractivity (Wildman–Crippen MR) is 83.9 cm³/mol. The molecular formula is C18H12N2O. The molecule has 1 fully saturated rings. The van der Waals surface area contributed by atoms with Gasteiger partial charge < -0.3 is 0 Å². The van der Waals surface area contributed by atoms with E-state index >= 15 is 0 Å². The number of anilines is 1. The fourth-order valence-electron chi connectivity index (χ4n) is 3.46. The third-order valence-electron chi connectivity index (χ3n) is 4.37. The maximum absolute atomic E-state index is 12.8. The van der Waals surface area contributed by atoms with Crippen LogP contribution in [0.25, 0.3) is 10.8 Å². The number of amidine groups is 1. The van der Waals surface area contributed by atoms with E-state index in [9.17, 15) is 4.79 Å². The van der Waals surface area contributed by atoms with Gasteiger partial charge in [0.2, 0.25) is 0 Å². The van der Waals surface area contributed by atoms with E-state index in [0.29, 0.717) is 0 Å². The van der Waals surface area contributed by atoms with Crippen molar-refractivity contribution in [2.24, 2.45) is 4.99 Å². The second-order valence-electron chi connectivity index (χ2n) is 5.54. The maximum atomic E-state index is 12.8. The minimum Gasteiger partial charge on any atom is -0.268 e. The second-order valence-corrected chi connectivity index (χ2v) is 5.54. The number of rotatable bonds is 0. The highest BCUT2D eigenvalue weighted by Gasteiger charge is 2.41. The van der Waals surface area contributed by atoms with Crippen molar-refractivity contribution in [1.29, 1.82) is 0 Å². The number of benzene rings is 2. The summed E-state index contributed by atoms with van der Waals surface area (Å²) in [6, 6.07) is 12.2. The van der Waals surface area contributed by atoms with Gasteiger partial charge >= 0.3 is 0 Å². The zero-order valence-corrected chi connectivity index (χ0v) is 11.3. The Morgan fingerprint density at radius 3 is 2.57 bits per heavy atom. The molecule has 5 rings (SSSR count). The standard InChI is InChI=1S/C18H12N2O/c21-18-13-8-2-1-7-12(13)17-19-14-9-3-5-11-6-4-10-15(16(11)14)20(17)18/h3-10H,1-2H2. The molecule has 0 unspecified atom stereocenters. The van der Waals surface area contributed by atoms with Crippen molar-refractivity contribution >= 4 is 33.9 Å². The van der Waals surface area contributed by atoms with Crippen LogP contribution in [0, 0.1) is 0 Å². The third kappa shape index (κ3) is 1.28. The Hall–Kier alpha value is -2.68. The number of hydrogen-bond donors (Lipinski definition) is 0. The van der Waals surface area contributed by atoms with E-state index in [2.05, 4.69) is 18.2 Å². The molecule has 21 heavy (non-hydrogen) atoms. The van der Waals surface area contributed by atoms with Crippen LogP contribution in [0.1, 0.15) is 12.8 Å². The molecule has 3 nitrogen and oxygen atoms in total. The fourth-order valence-corrected chi connectivity index (χ4v) is 3.46. The van der Waals surface area contributed by atoms with Gasteiger partial charge in [0, 0.05) is 16.5 Å². The van der Waals surface area contributed by atoms with E-state index in [1.165, 1.54) is 0 Å². The summed E-state index contributed by atoms with van der Waals surface area (Å²) >= 11 is 0. The van der Waals surface area contributed by atoms with Gasteiger partial charge in [-0.3, -0.25) is 9.69 Å². The predicted octanol–water partition coefficient (Wildman–Crippen LogP) is 3.88. The fraction of sp³-hybridized carbons (Fsp3) is 0.111. The van der Waals surface area contributed by atoms with Crippen LogP contribution >= 0.6 is 0 Å². The summed E-state index contributed by atoms with van der Waals surface area (Å²) in [5.41, 5.74) is 3.71. The van der Waals surface area contributed by atoms with Crippen LogP contribution in [0.15, 0.2) is 64.7 Å². The Labute approximate surface area is 121 Å². The molecule has 2 aliphatic heterocycles. The molecule has 3 heteroatoms. The Morgan fingerprint density at radius 2 is 1.71 bits per heavy atom. The topological polar surface area (TPSA) is 32.7 Å². The van der Waals surface area contributed by atoms with Crippen LogP contribution in [0.2, 0.25) is 0 Å². The molecule has 1 saturated heterocycles. The lowest BCUT2D eigenvalue weighted by Crippen LogP contribution is -2.31. The monoisotopic (exact) mass is 272 g/mol. The summed E-state index contributed by atoms with van der Waals surface area (Å²) in [6.07, 6.45) is 6.09. The minimum atomic E-state index is 0.0571. The van der Waals surface area contributed by atoms with E-state index in [0.717, 1.165) is 52.0 Å². The van der Waals surface area contributed by atoms with Crippen LogP contribution < -0.4 is 4.90 Å². The first-order chi connectivity index (χ1) is 10.3. The number of hydrogen-bond acceptors (Lipinski definition) is 2. The van der Waals surface area contributed by atoms with Gasteiger partial charge in [-0.1, -0.05) is 36.4 Å². The Kier molecular flexibility index (Phi) is 1.94. The molecule has 0 N–H and O–H groups in total. The smallest absolute Gasteiger partial charge is 0.264 e. The lowest BCUT2D eigenvalue weighted by atomic mass is 9.99. The summed E-state index contributed by atoms with van der Waals surface area (Å²) in [5.74, 6) is 0.846. The van der Waals surface area contributed by atoms with Gasteiger partial charge in [-0.25, -0.2) is 4.99 Å². The number of amides is 1. The summed E-state index contributed by atoms with van der Waals surface area (Å²) in [5, 5.41) is 2.19. The minimum absolute atomic E-state index is 0.0571. The zero-order chi connectivity index (χ0) is 14.0. The van der Waals surface area contributed by atoms with Gasteiger partial charge in [0.1, 0.15) is 5.84 Å². The van der Waals surface area contributed by atoms with E-state index in [1.807, 2.05) is 30.3 Å². The number of fused-ring (bicyclic) bond motifs is 4. The van der Waals surface area contributed by atoms with Gasteiger partial charge in [-0.2, -0.15) is 0 Å². The van der Waals surface area contributed by atoms with Crippen molar-refractivity contribution in [3.8, 4) is 0 Å². The maximum Gasteiger partial charge on any atom is 0.264 e. The van der Waals surface area contributed by atoms with E-state index in [4.69, 9.17) is 4.99 Å². The van der Waals surface area contributed by atoms with E-state index in [1.54, 1.807) is 4.90 Å². The quantitative estimate of drug-likeness (QED) is 0.716. The summed E-state index contributed by atoms with van der Waals surface area (Å²) < 4.78 is 0. The number of nitrogens with zero attached hydrogens (tertiary/aromatic N) is 2. The molecule has 0 aromatic heterocycles. The molecule has 0 radical (unpaired) electrons. The molecule has 0 spiro atoms. The number of carbonyl (C=O) groups excluding carboxylic acids is 1. The first-order valence-electron chi connectivity index (χ1n) is 7.20. The first kappa shape index (κ1) is 11.0. The van der Waals surface area contributed by atoms with Crippen molar-refractivity contribution in [2.45, 2.75) is 12.8 Å². The molecule has 1 aliphatic carbocycles. The Balaban J connectivity index is 1.90. The van der Waals surface area contributed by atoms with Crippen molar-refractivity contribution < 1.29 is 4.79 Å². The largest absolute Gasteiger partial charge is 0.268 e. The van der Waals surface area contributed by atoms with Crippen LogP contribution in [0.3, 0.4) is 0 Å². The lowest BCUT2D eigenvalue weighted by molar-refractivity contribution is -0.113. The number of aliphatic imine (C=N–C) groups is 1. The van der Waals surface area contributed by atoms with Crippen LogP contribution in [-0.4, -0.2) is 11.7 Å². The first-order valence-corrected chi connectivity index (χ1v) is 7.20. The molecule has 100 valence electrons. The lowest BCUT2D eigenvalue weighted by Gasteiger charge is -2.23. The van der Waals surface area contributed by atoms with Crippen molar-refractivity contribution in [1.82, 2.24) is 0 Å². The molecular weight excluding hydrogens is 260 g/mol.